The highest BCUT2D eigenvalue weighted by atomic mass is 35.5. The zero-order valence-corrected chi connectivity index (χ0v) is 12.6. The number of halogens is 2. The van der Waals surface area contributed by atoms with Crippen LogP contribution in [0.25, 0.3) is 0 Å². The second-order valence-electron chi connectivity index (χ2n) is 5.18. The van der Waals surface area contributed by atoms with Crippen LogP contribution in [0.15, 0.2) is 36.5 Å². The number of anilines is 2. The average molecular weight is 320 g/mol. The highest BCUT2D eigenvalue weighted by Crippen LogP contribution is 2.21. The van der Waals surface area contributed by atoms with Crippen LogP contribution >= 0.6 is 11.6 Å². The molecule has 1 aromatic carbocycles. The van der Waals surface area contributed by atoms with Crippen molar-refractivity contribution in [2.45, 2.75) is 12.8 Å². The normalized spacial score (nSPS) is 14.2. The minimum Gasteiger partial charge on any atom is -0.357 e. The van der Waals surface area contributed by atoms with Gasteiger partial charge in [-0.25, -0.2) is 9.37 Å². The summed E-state index contributed by atoms with van der Waals surface area (Å²) in [6, 6.07) is 7.36. The lowest BCUT2D eigenvalue weighted by Gasteiger charge is -2.16. The number of rotatable bonds is 3. The van der Waals surface area contributed by atoms with Gasteiger partial charge in [-0.2, -0.15) is 0 Å². The van der Waals surface area contributed by atoms with Crippen molar-refractivity contribution < 1.29 is 9.18 Å². The van der Waals surface area contributed by atoms with Gasteiger partial charge in [-0.15, -0.1) is 0 Å². The first-order chi connectivity index (χ1) is 10.6. The zero-order chi connectivity index (χ0) is 15.5. The molecule has 1 amide bonds. The number of pyridine rings is 1. The van der Waals surface area contributed by atoms with Crippen molar-refractivity contribution in [1.29, 1.82) is 0 Å². The predicted octanol–water partition coefficient (Wildman–Crippen LogP) is 3.73. The second-order valence-corrected chi connectivity index (χ2v) is 5.58. The van der Waals surface area contributed by atoms with Crippen LogP contribution in [0.5, 0.6) is 0 Å². The molecule has 0 aliphatic carbocycles. The first-order valence-electron chi connectivity index (χ1n) is 7.11. The Morgan fingerprint density at radius 1 is 1.23 bits per heavy atom. The molecule has 1 N–H and O–H groups in total. The molecule has 22 heavy (non-hydrogen) atoms. The van der Waals surface area contributed by atoms with Crippen molar-refractivity contribution in [3.63, 3.8) is 0 Å². The van der Waals surface area contributed by atoms with E-state index in [1.54, 1.807) is 12.3 Å². The van der Waals surface area contributed by atoms with E-state index in [4.69, 9.17) is 11.6 Å². The number of hydrogen-bond donors (Lipinski definition) is 1. The van der Waals surface area contributed by atoms with E-state index in [0.717, 1.165) is 25.0 Å². The van der Waals surface area contributed by atoms with Crippen LogP contribution in [0.3, 0.4) is 0 Å². The minimum absolute atomic E-state index is 0.0825. The largest absolute Gasteiger partial charge is 0.357 e. The number of carbonyl (C=O) groups is 1. The van der Waals surface area contributed by atoms with Crippen LogP contribution in [0.2, 0.25) is 5.02 Å². The highest BCUT2D eigenvalue weighted by Gasteiger charge is 2.14. The van der Waals surface area contributed by atoms with E-state index >= 15 is 0 Å². The van der Waals surface area contributed by atoms with Crippen LogP contribution in [-0.2, 0) is 0 Å². The maximum Gasteiger partial charge on any atom is 0.257 e. The fourth-order valence-corrected chi connectivity index (χ4v) is 2.72. The SMILES string of the molecule is O=C(Nc1ccc(N2CCCC2)nc1)c1ccc(F)cc1Cl. The van der Waals surface area contributed by atoms with Crippen molar-refractivity contribution in [1.82, 2.24) is 4.98 Å². The molecule has 2 heterocycles. The van der Waals surface area contributed by atoms with Gasteiger partial charge in [0, 0.05) is 13.1 Å². The van der Waals surface area contributed by atoms with E-state index in [1.807, 2.05) is 6.07 Å². The van der Waals surface area contributed by atoms with E-state index in [-0.39, 0.29) is 16.5 Å². The summed E-state index contributed by atoms with van der Waals surface area (Å²) in [7, 11) is 0. The van der Waals surface area contributed by atoms with Gasteiger partial charge in [0.15, 0.2) is 0 Å². The number of hydrogen-bond acceptors (Lipinski definition) is 3. The molecule has 2 aromatic rings. The van der Waals surface area contributed by atoms with E-state index in [2.05, 4.69) is 15.2 Å². The van der Waals surface area contributed by atoms with Crippen LogP contribution in [0, 0.1) is 5.82 Å². The number of aromatic nitrogens is 1. The Kier molecular flexibility index (Phi) is 4.24. The maximum atomic E-state index is 13.0. The summed E-state index contributed by atoms with van der Waals surface area (Å²) in [6.45, 7) is 2.04. The number of nitrogens with zero attached hydrogens (tertiary/aromatic N) is 2. The summed E-state index contributed by atoms with van der Waals surface area (Å²) in [6.07, 6.45) is 3.98. The Labute approximate surface area is 132 Å². The van der Waals surface area contributed by atoms with Crippen molar-refractivity contribution in [3.8, 4) is 0 Å². The molecule has 1 aromatic heterocycles. The summed E-state index contributed by atoms with van der Waals surface area (Å²) >= 11 is 5.88. The summed E-state index contributed by atoms with van der Waals surface area (Å²) in [4.78, 5) is 18.7. The Morgan fingerprint density at radius 3 is 2.64 bits per heavy atom. The van der Waals surface area contributed by atoms with Gasteiger partial charge >= 0.3 is 0 Å². The molecule has 1 fully saturated rings. The van der Waals surface area contributed by atoms with E-state index < -0.39 is 5.82 Å². The Bertz CT molecular complexity index is 684. The van der Waals surface area contributed by atoms with Crippen LogP contribution in [0.4, 0.5) is 15.9 Å². The third kappa shape index (κ3) is 3.20. The molecule has 1 aliphatic heterocycles. The van der Waals surface area contributed by atoms with Crippen LogP contribution < -0.4 is 10.2 Å². The predicted molar refractivity (Wildman–Crippen MR) is 85.0 cm³/mol. The Hall–Kier alpha value is -2.14. The van der Waals surface area contributed by atoms with E-state index in [0.29, 0.717) is 5.69 Å². The van der Waals surface area contributed by atoms with Gasteiger partial charge in [0.1, 0.15) is 11.6 Å². The summed E-state index contributed by atoms with van der Waals surface area (Å²) in [5.41, 5.74) is 0.806. The number of benzene rings is 1. The first kappa shape index (κ1) is 14.8. The lowest BCUT2D eigenvalue weighted by molar-refractivity contribution is 0.102. The molecule has 0 atom stereocenters. The van der Waals surface area contributed by atoms with Crippen LogP contribution in [-0.4, -0.2) is 24.0 Å². The third-order valence-electron chi connectivity index (χ3n) is 3.61. The molecule has 0 saturated carbocycles. The van der Waals surface area contributed by atoms with E-state index in [9.17, 15) is 9.18 Å². The molecule has 4 nitrogen and oxygen atoms in total. The fraction of sp³-hybridized carbons (Fsp3) is 0.250. The minimum atomic E-state index is -0.474. The maximum absolute atomic E-state index is 13.0. The molecule has 1 saturated heterocycles. The second kappa shape index (κ2) is 6.32. The number of carbonyl (C=O) groups excluding carboxylic acids is 1. The summed E-state index contributed by atoms with van der Waals surface area (Å²) in [5, 5.41) is 2.79. The van der Waals surface area contributed by atoms with E-state index in [1.165, 1.54) is 25.0 Å². The molecule has 0 radical (unpaired) electrons. The quantitative estimate of drug-likeness (QED) is 0.937. The van der Waals surface area contributed by atoms with Crippen LogP contribution in [0.1, 0.15) is 23.2 Å². The molecular formula is C16H15ClFN3O. The lowest BCUT2D eigenvalue weighted by atomic mass is 10.2. The smallest absolute Gasteiger partial charge is 0.257 e. The number of amides is 1. The fourth-order valence-electron chi connectivity index (χ4n) is 2.47. The molecule has 0 bridgehead atoms. The van der Waals surface area contributed by atoms with Crippen molar-refractivity contribution in [2.75, 3.05) is 23.3 Å². The average Bonchev–Trinajstić information content (AvgIpc) is 3.02. The van der Waals surface area contributed by atoms with Gasteiger partial charge in [-0.05, 0) is 43.2 Å². The van der Waals surface area contributed by atoms with Crippen molar-refractivity contribution in [2.24, 2.45) is 0 Å². The lowest BCUT2D eigenvalue weighted by Crippen LogP contribution is -2.19. The van der Waals surface area contributed by atoms with Gasteiger partial charge in [-0.3, -0.25) is 4.79 Å². The molecule has 0 unspecified atom stereocenters. The van der Waals surface area contributed by atoms with Crippen molar-refractivity contribution >= 4 is 29.0 Å². The molecule has 0 spiro atoms. The zero-order valence-electron chi connectivity index (χ0n) is 11.9. The van der Waals surface area contributed by atoms with Gasteiger partial charge < -0.3 is 10.2 Å². The molecular weight excluding hydrogens is 305 g/mol. The molecule has 114 valence electrons. The van der Waals surface area contributed by atoms with Gasteiger partial charge in [0.25, 0.3) is 5.91 Å². The Balaban J connectivity index is 1.71. The standard InChI is InChI=1S/C16H15ClFN3O/c17-14-9-11(18)3-5-13(14)16(22)20-12-4-6-15(19-10-12)21-7-1-2-8-21/h3-6,9-10H,1-2,7-8H2,(H,20,22). The topological polar surface area (TPSA) is 45.2 Å². The first-order valence-corrected chi connectivity index (χ1v) is 7.49. The highest BCUT2D eigenvalue weighted by molar-refractivity contribution is 6.34. The summed E-state index contributed by atoms with van der Waals surface area (Å²) < 4.78 is 13.0. The van der Waals surface area contributed by atoms with Gasteiger partial charge in [-0.1, -0.05) is 11.6 Å². The molecule has 3 rings (SSSR count). The Morgan fingerprint density at radius 2 is 2.00 bits per heavy atom. The monoisotopic (exact) mass is 319 g/mol. The van der Waals surface area contributed by atoms with Gasteiger partial charge in [0.05, 0.1) is 22.5 Å². The number of nitrogens with one attached hydrogen (secondary N) is 1. The molecule has 6 heteroatoms. The van der Waals surface area contributed by atoms with Gasteiger partial charge in [0.2, 0.25) is 0 Å². The summed E-state index contributed by atoms with van der Waals surface area (Å²) in [5.74, 6) is 0.0502. The molecule has 1 aliphatic rings. The van der Waals surface area contributed by atoms with Crippen molar-refractivity contribution in [3.05, 3.63) is 52.9 Å². The third-order valence-corrected chi connectivity index (χ3v) is 3.92.